The summed E-state index contributed by atoms with van der Waals surface area (Å²) in [6.45, 7) is 3.90. The second-order valence-electron chi connectivity index (χ2n) is 4.91. The Hall–Kier alpha value is -1.62. The largest absolute Gasteiger partial charge is 0.352 e. The number of carbonyl (C=O) groups excluding carboxylic acids is 1. The summed E-state index contributed by atoms with van der Waals surface area (Å²) in [5, 5.41) is 2.82. The summed E-state index contributed by atoms with van der Waals surface area (Å²) in [4.78, 5) is 16.3. The van der Waals surface area contributed by atoms with E-state index in [4.69, 9.17) is 11.6 Å². The van der Waals surface area contributed by atoms with Crippen LogP contribution in [-0.4, -0.2) is 27.4 Å². The minimum Gasteiger partial charge on any atom is -0.352 e. The van der Waals surface area contributed by atoms with Gasteiger partial charge in [0.25, 0.3) is 0 Å². The quantitative estimate of drug-likeness (QED) is 0.862. The Morgan fingerprint density at radius 2 is 2.25 bits per heavy atom. The summed E-state index contributed by atoms with van der Waals surface area (Å²) in [7, 11) is 0. The molecule has 1 aromatic heterocycles. The van der Waals surface area contributed by atoms with Crippen molar-refractivity contribution < 1.29 is 9.18 Å². The first-order chi connectivity index (χ1) is 9.51. The van der Waals surface area contributed by atoms with Crippen molar-refractivity contribution in [3.63, 3.8) is 0 Å². The highest BCUT2D eigenvalue weighted by Crippen LogP contribution is 2.18. The Balaban J connectivity index is 2.39. The lowest BCUT2D eigenvalue weighted by molar-refractivity contribution is -0.122. The average molecular weight is 298 g/mol. The summed E-state index contributed by atoms with van der Waals surface area (Å²) < 4.78 is 15.1. The summed E-state index contributed by atoms with van der Waals surface area (Å²) in [5.74, 6) is 0.622. The molecule has 0 saturated heterocycles. The minimum atomic E-state index is -0.347. The van der Waals surface area contributed by atoms with Crippen LogP contribution in [0.2, 0.25) is 0 Å². The van der Waals surface area contributed by atoms with Gasteiger partial charge in [-0.3, -0.25) is 4.79 Å². The van der Waals surface area contributed by atoms with E-state index in [9.17, 15) is 9.18 Å². The number of carbonyl (C=O) groups is 1. The van der Waals surface area contributed by atoms with Crippen LogP contribution in [0.15, 0.2) is 18.2 Å². The number of aromatic nitrogens is 2. The van der Waals surface area contributed by atoms with E-state index in [2.05, 4.69) is 10.3 Å². The van der Waals surface area contributed by atoms with Gasteiger partial charge in [-0.2, -0.15) is 0 Å². The minimum absolute atomic E-state index is 0.0606. The average Bonchev–Trinajstić information content (AvgIpc) is 2.67. The molecule has 0 unspecified atom stereocenters. The van der Waals surface area contributed by atoms with E-state index in [1.807, 2.05) is 13.8 Å². The fourth-order valence-electron chi connectivity index (χ4n) is 2.11. The van der Waals surface area contributed by atoms with E-state index in [1.54, 1.807) is 10.6 Å². The molecule has 2 rings (SSSR count). The fourth-order valence-corrected chi connectivity index (χ4v) is 2.28. The maximum absolute atomic E-state index is 13.4. The van der Waals surface area contributed by atoms with Crippen LogP contribution in [-0.2, 0) is 17.8 Å². The van der Waals surface area contributed by atoms with Gasteiger partial charge in [0.05, 0.1) is 11.0 Å². The molecular formula is C14H17ClFN3O. The SMILES string of the molecule is CC(C)NC(=O)Cn1c(CCCl)nc2ccc(F)cc21. The zero-order chi connectivity index (χ0) is 14.7. The number of nitrogens with zero attached hydrogens (tertiary/aromatic N) is 2. The Labute approximate surface area is 121 Å². The molecule has 1 heterocycles. The number of benzene rings is 1. The molecule has 2 aromatic rings. The van der Waals surface area contributed by atoms with E-state index in [-0.39, 0.29) is 24.3 Å². The molecule has 1 aromatic carbocycles. The fraction of sp³-hybridized carbons (Fsp3) is 0.429. The van der Waals surface area contributed by atoms with Gasteiger partial charge in [-0.15, -0.1) is 11.6 Å². The number of fused-ring (bicyclic) bond motifs is 1. The van der Waals surface area contributed by atoms with Gasteiger partial charge in [0.15, 0.2) is 0 Å². The number of nitrogens with one attached hydrogen (secondary N) is 1. The standard InChI is InChI=1S/C14H17ClFN3O/c1-9(2)17-14(20)8-19-12-7-10(16)3-4-11(12)18-13(19)5-6-15/h3-4,7,9H,5-6,8H2,1-2H3,(H,17,20). The summed E-state index contributed by atoms with van der Waals surface area (Å²) in [6.07, 6.45) is 0.535. The van der Waals surface area contributed by atoms with Gasteiger partial charge >= 0.3 is 0 Å². The van der Waals surface area contributed by atoms with E-state index >= 15 is 0 Å². The first-order valence-electron chi connectivity index (χ1n) is 6.51. The van der Waals surface area contributed by atoms with Crippen LogP contribution in [0.1, 0.15) is 19.7 Å². The topological polar surface area (TPSA) is 46.9 Å². The molecule has 0 bridgehead atoms. The smallest absolute Gasteiger partial charge is 0.240 e. The summed E-state index contributed by atoms with van der Waals surface area (Å²) >= 11 is 5.76. The van der Waals surface area contributed by atoms with E-state index in [0.717, 1.165) is 0 Å². The van der Waals surface area contributed by atoms with Gasteiger partial charge in [0.1, 0.15) is 18.2 Å². The molecule has 0 aliphatic heterocycles. The molecule has 0 radical (unpaired) electrons. The molecule has 0 fully saturated rings. The van der Waals surface area contributed by atoms with Crippen molar-refractivity contribution >= 4 is 28.5 Å². The molecule has 20 heavy (non-hydrogen) atoms. The molecular weight excluding hydrogens is 281 g/mol. The van der Waals surface area contributed by atoms with Crippen molar-refractivity contribution in [2.75, 3.05) is 5.88 Å². The van der Waals surface area contributed by atoms with Crippen LogP contribution >= 0.6 is 11.6 Å². The summed E-state index contributed by atoms with van der Waals surface area (Å²) in [6, 6.07) is 4.42. The number of amides is 1. The lowest BCUT2D eigenvalue weighted by atomic mass is 10.3. The number of rotatable bonds is 5. The molecule has 1 N–H and O–H groups in total. The van der Waals surface area contributed by atoms with Crippen LogP contribution in [0, 0.1) is 5.82 Å². The van der Waals surface area contributed by atoms with Gasteiger partial charge in [-0.05, 0) is 32.0 Å². The van der Waals surface area contributed by atoms with Gasteiger partial charge in [0, 0.05) is 18.3 Å². The molecule has 1 amide bonds. The molecule has 0 saturated carbocycles. The zero-order valence-corrected chi connectivity index (χ0v) is 12.2. The molecule has 0 atom stereocenters. The van der Waals surface area contributed by atoms with Gasteiger partial charge in [-0.1, -0.05) is 0 Å². The highest BCUT2D eigenvalue weighted by atomic mass is 35.5. The van der Waals surface area contributed by atoms with Crippen LogP contribution in [0.25, 0.3) is 11.0 Å². The third kappa shape index (κ3) is 3.28. The van der Waals surface area contributed by atoms with Gasteiger partial charge in [0.2, 0.25) is 5.91 Å². The molecule has 4 nitrogen and oxygen atoms in total. The lowest BCUT2D eigenvalue weighted by Gasteiger charge is -2.11. The number of hydrogen-bond acceptors (Lipinski definition) is 2. The third-order valence-electron chi connectivity index (χ3n) is 2.86. The highest BCUT2D eigenvalue weighted by molar-refractivity contribution is 6.17. The number of hydrogen-bond donors (Lipinski definition) is 1. The third-order valence-corrected chi connectivity index (χ3v) is 3.05. The lowest BCUT2D eigenvalue weighted by Crippen LogP contribution is -2.33. The second kappa shape index (κ2) is 6.22. The Kier molecular flexibility index (Phi) is 4.60. The molecule has 0 aliphatic rings. The van der Waals surface area contributed by atoms with Crippen LogP contribution in [0.4, 0.5) is 4.39 Å². The number of imidazole rings is 1. The number of aryl methyl sites for hydroxylation is 1. The number of halogens is 2. The maximum Gasteiger partial charge on any atom is 0.240 e. The second-order valence-corrected chi connectivity index (χ2v) is 5.29. The zero-order valence-electron chi connectivity index (χ0n) is 11.5. The van der Waals surface area contributed by atoms with E-state index in [1.165, 1.54) is 12.1 Å². The molecule has 0 aliphatic carbocycles. The number of alkyl halides is 1. The normalized spacial score (nSPS) is 11.2. The van der Waals surface area contributed by atoms with Gasteiger partial charge in [-0.25, -0.2) is 9.37 Å². The summed E-state index contributed by atoms with van der Waals surface area (Å²) in [5.41, 5.74) is 1.29. The van der Waals surface area contributed by atoms with Crippen molar-refractivity contribution in [3.05, 3.63) is 29.8 Å². The van der Waals surface area contributed by atoms with Crippen molar-refractivity contribution in [2.24, 2.45) is 0 Å². The highest BCUT2D eigenvalue weighted by Gasteiger charge is 2.14. The van der Waals surface area contributed by atoms with Crippen LogP contribution in [0.5, 0.6) is 0 Å². The maximum atomic E-state index is 13.4. The Morgan fingerprint density at radius 3 is 2.90 bits per heavy atom. The van der Waals surface area contributed by atoms with Gasteiger partial charge < -0.3 is 9.88 Å². The predicted molar refractivity (Wildman–Crippen MR) is 77.4 cm³/mol. The van der Waals surface area contributed by atoms with Crippen LogP contribution < -0.4 is 5.32 Å². The van der Waals surface area contributed by atoms with Crippen molar-refractivity contribution in [1.82, 2.24) is 14.9 Å². The first-order valence-corrected chi connectivity index (χ1v) is 7.04. The molecule has 0 spiro atoms. The predicted octanol–water partition coefficient (Wildman–Crippen LogP) is 2.48. The van der Waals surface area contributed by atoms with Crippen molar-refractivity contribution in [1.29, 1.82) is 0 Å². The van der Waals surface area contributed by atoms with E-state index in [0.29, 0.717) is 29.2 Å². The van der Waals surface area contributed by atoms with Crippen molar-refractivity contribution in [3.8, 4) is 0 Å². The molecule has 6 heteroatoms. The van der Waals surface area contributed by atoms with Crippen LogP contribution in [0.3, 0.4) is 0 Å². The molecule has 108 valence electrons. The Bertz CT molecular complexity index is 624. The Morgan fingerprint density at radius 1 is 1.50 bits per heavy atom. The first kappa shape index (κ1) is 14.8. The monoisotopic (exact) mass is 297 g/mol. The van der Waals surface area contributed by atoms with E-state index < -0.39 is 0 Å². The van der Waals surface area contributed by atoms with Crippen molar-refractivity contribution in [2.45, 2.75) is 32.9 Å².